The van der Waals surface area contributed by atoms with Gasteiger partial charge in [0.25, 0.3) is 0 Å². The molecule has 0 spiro atoms. The summed E-state index contributed by atoms with van der Waals surface area (Å²) in [7, 11) is 0. The van der Waals surface area contributed by atoms with Crippen LogP contribution >= 0.6 is 0 Å². The van der Waals surface area contributed by atoms with Crippen LogP contribution in [0.3, 0.4) is 0 Å². The predicted molar refractivity (Wildman–Crippen MR) is 153 cm³/mol. The van der Waals surface area contributed by atoms with Crippen LogP contribution in [0.25, 0.3) is 44.3 Å². The van der Waals surface area contributed by atoms with E-state index in [-0.39, 0.29) is 10.8 Å². The molecule has 0 radical (unpaired) electrons. The molecule has 5 aromatic rings. The highest BCUT2D eigenvalue weighted by molar-refractivity contribution is 6.04. The van der Waals surface area contributed by atoms with Crippen LogP contribution in [0, 0.1) is 0 Å². The summed E-state index contributed by atoms with van der Waals surface area (Å²) in [5.74, 6) is 0. The van der Waals surface area contributed by atoms with Gasteiger partial charge in [-0.25, -0.2) is 0 Å². The predicted octanol–water partition coefficient (Wildman–Crippen LogP) is 9.23. The normalized spacial score (nSPS) is 12.2. The number of hydrogen-bond donors (Lipinski definition) is 0. The fourth-order valence-corrected chi connectivity index (χ4v) is 4.74. The topological polar surface area (TPSA) is 25.8 Å². The minimum Gasteiger partial charge on any atom is -0.264 e. The summed E-state index contributed by atoms with van der Waals surface area (Å²) >= 11 is 0. The van der Waals surface area contributed by atoms with Crippen molar-refractivity contribution in [2.75, 3.05) is 0 Å². The van der Waals surface area contributed by atoms with Gasteiger partial charge in [0, 0.05) is 29.5 Å². The lowest BCUT2D eigenvalue weighted by molar-refractivity contribution is 0.589. The molecule has 0 saturated heterocycles. The van der Waals surface area contributed by atoms with Gasteiger partial charge < -0.3 is 0 Å². The quantitative estimate of drug-likeness (QED) is 0.263. The summed E-state index contributed by atoms with van der Waals surface area (Å²) in [6.07, 6.45) is 5.80. The zero-order valence-corrected chi connectivity index (χ0v) is 22.1. The summed E-state index contributed by atoms with van der Waals surface area (Å²) in [6.45, 7) is 13.5. The van der Waals surface area contributed by atoms with Crippen molar-refractivity contribution in [2.24, 2.45) is 0 Å². The number of benzene rings is 3. The molecule has 0 aliphatic rings. The van der Waals surface area contributed by atoms with Gasteiger partial charge in [0.2, 0.25) is 0 Å². The highest BCUT2D eigenvalue weighted by Crippen LogP contribution is 2.37. The number of fused-ring (bicyclic) bond motifs is 1. The molecule has 0 bridgehead atoms. The van der Waals surface area contributed by atoms with E-state index in [1.807, 2.05) is 18.6 Å². The van der Waals surface area contributed by atoms with E-state index in [1.54, 1.807) is 0 Å². The fourth-order valence-electron chi connectivity index (χ4n) is 4.74. The number of pyridine rings is 2. The minimum atomic E-state index is 0.0828. The maximum absolute atomic E-state index is 4.69. The lowest BCUT2D eigenvalue weighted by Crippen LogP contribution is -2.11. The van der Waals surface area contributed by atoms with E-state index >= 15 is 0 Å². The summed E-state index contributed by atoms with van der Waals surface area (Å²) in [4.78, 5) is 9.17. The van der Waals surface area contributed by atoms with E-state index in [0.29, 0.717) is 0 Å². The van der Waals surface area contributed by atoms with Crippen LogP contribution in [-0.2, 0) is 10.8 Å². The first-order valence-corrected chi connectivity index (χ1v) is 12.7. The van der Waals surface area contributed by atoms with Gasteiger partial charge in [0.1, 0.15) is 0 Å². The molecule has 0 fully saturated rings. The van der Waals surface area contributed by atoms with Crippen molar-refractivity contribution in [1.29, 1.82) is 0 Å². The van der Waals surface area contributed by atoms with Crippen LogP contribution in [0.5, 0.6) is 0 Å². The fraction of sp³-hybridized carbons (Fsp3) is 0.235. The Bertz CT molecular complexity index is 1530. The van der Waals surface area contributed by atoms with E-state index in [9.17, 15) is 0 Å². The summed E-state index contributed by atoms with van der Waals surface area (Å²) < 4.78 is 0. The first kappa shape index (κ1) is 23.9. The van der Waals surface area contributed by atoms with Crippen LogP contribution in [0.15, 0.2) is 97.5 Å². The van der Waals surface area contributed by atoms with Crippen molar-refractivity contribution in [2.45, 2.75) is 52.4 Å². The zero-order valence-electron chi connectivity index (χ0n) is 22.1. The molecule has 2 aromatic heterocycles. The smallest absolute Gasteiger partial charge is 0.0705 e. The molecule has 180 valence electrons. The highest BCUT2D eigenvalue weighted by atomic mass is 14.7. The van der Waals surface area contributed by atoms with E-state index in [1.165, 1.54) is 38.8 Å². The van der Waals surface area contributed by atoms with E-state index in [0.717, 1.165) is 16.6 Å². The second kappa shape index (κ2) is 9.02. The molecule has 36 heavy (non-hydrogen) atoms. The van der Waals surface area contributed by atoms with Crippen molar-refractivity contribution >= 4 is 10.8 Å². The molecule has 0 unspecified atom stereocenters. The average Bonchev–Trinajstić information content (AvgIpc) is 2.87. The lowest BCUT2D eigenvalue weighted by atomic mass is 9.85. The Labute approximate surface area is 215 Å². The van der Waals surface area contributed by atoms with Gasteiger partial charge in [-0.3, -0.25) is 9.97 Å². The molecule has 0 atom stereocenters. The molecule has 0 amide bonds. The molecular weight excluding hydrogens is 436 g/mol. The molecule has 2 heteroatoms. The maximum atomic E-state index is 4.69. The van der Waals surface area contributed by atoms with Gasteiger partial charge in [0.15, 0.2) is 0 Å². The molecule has 2 heterocycles. The van der Waals surface area contributed by atoms with Gasteiger partial charge in [-0.1, -0.05) is 96.1 Å². The Hall–Kier alpha value is -3.78. The summed E-state index contributed by atoms with van der Waals surface area (Å²) in [5.41, 5.74) is 9.79. The van der Waals surface area contributed by atoms with E-state index < -0.39 is 0 Å². The van der Waals surface area contributed by atoms with Crippen LogP contribution < -0.4 is 0 Å². The molecule has 5 rings (SSSR count). The largest absolute Gasteiger partial charge is 0.264 e. The second-order valence-electron chi connectivity index (χ2n) is 11.7. The Morgan fingerprint density at radius 1 is 0.528 bits per heavy atom. The first-order chi connectivity index (χ1) is 17.1. The van der Waals surface area contributed by atoms with Crippen LogP contribution in [0.2, 0.25) is 0 Å². The molecule has 0 N–H and O–H groups in total. The molecular formula is C34H34N2. The SMILES string of the molecule is CC(C)(C)c1ccc(-c2ccc(-c3cccc(-c4cc(C(C)(C)C)ccn4)c3)c3ccncc23)cc1. The van der Waals surface area contributed by atoms with Crippen LogP contribution in [0.4, 0.5) is 0 Å². The van der Waals surface area contributed by atoms with Gasteiger partial charge in [0.05, 0.1) is 5.69 Å². The standard InChI is InChI=1S/C34H34N2/c1-33(2,3)26-12-10-23(11-13-26)28-14-15-29(30-17-18-35-22-31(28)30)24-8-7-9-25(20-24)32-21-27(16-19-36-32)34(4,5)6/h7-22H,1-6H3. The van der Waals surface area contributed by atoms with Gasteiger partial charge >= 0.3 is 0 Å². The van der Waals surface area contributed by atoms with Gasteiger partial charge in [-0.05, 0) is 73.9 Å². The molecule has 0 saturated carbocycles. The second-order valence-corrected chi connectivity index (χ2v) is 11.7. The summed E-state index contributed by atoms with van der Waals surface area (Å²) in [6, 6.07) is 28.6. The summed E-state index contributed by atoms with van der Waals surface area (Å²) in [5, 5.41) is 2.37. The molecule has 0 aliphatic carbocycles. The number of rotatable bonds is 3. The lowest BCUT2D eigenvalue weighted by Gasteiger charge is -2.20. The third-order valence-corrected chi connectivity index (χ3v) is 6.98. The number of hydrogen-bond acceptors (Lipinski definition) is 2. The minimum absolute atomic E-state index is 0.0828. The van der Waals surface area contributed by atoms with Gasteiger partial charge in [-0.2, -0.15) is 0 Å². The Balaban J connectivity index is 1.59. The number of aromatic nitrogens is 2. The third-order valence-electron chi connectivity index (χ3n) is 6.98. The van der Waals surface area contributed by atoms with Crippen LogP contribution in [0.1, 0.15) is 52.7 Å². The van der Waals surface area contributed by atoms with Crippen molar-refractivity contribution in [3.05, 3.63) is 109 Å². The first-order valence-electron chi connectivity index (χ1n) is 12.7. The Kier molecular flexibility index (Phi) is 6.00. The average molecular weight is 471 g/mol. The molecule has 3 aromatic carbocycles. The van der Waals surface area contributed by atoms with Crippen molar-refractivity contribution in [3.8, 4) is 33.5 Å². The van der Waals surface area contributed by atoms with Crippen LogP contribution in [-0.4, -0.2) is 9.97 Å². The van der Waals surface area contributed by atoms with E-state index in [4.69, 9.17) is 0 Å². The molecule has 2 nitrogen and oxygen atoms in total. The van der Waals surface area contributed by atoms with Crippen molar-refractivity contribution < 1.29 is 0 Å². The monoisotopic (exact) mass is 470 g/mol. The Morgan fingerprint density at radius 3 is 1.89 bits per heavy atom. The molecule has 0 aliphatic heterocycles. The van der Waals surface area contributed by atoms with E-state index in [2.05, 4.69) is 130 Å². The van der Waals surface area contributed by atoms with Crippen molar-refractivity contribution in [1.82, 2.24) is 9.97 Å². The zero-order chi connectivity index (χ0) is 25.5. The van der Waals surface area contributed by atoms with Crippen molar-refractivity contribution in [3.63, 3.8) is 0 Å². The number of nitrogens with zero attached hydrogens (tertiary/aromatic N) is 2. The highest BCUT2D eigenvalue weighted by Gasteiger charge is 2.16. The maximum Gasteiger partial charge on any atom is 0.0705 e. The van der Waals surface area contributed by atoms with Gasteiger partial charge in [-0.15, -0.1) is 0 Å². The third kappa shape index (κ3) is 4.68. The Morgan fingerprint density at radius 2 is 1.19 bits per heavy atom.